The largest absolute Gasteiger partial charge is 0.344 e. The third-order valence-corrected chi connectivity index (χ3v) is 5.04. The van der Waals surface area contributed by atoms with Crippen LogP contribution in [0.4, 0.5) is 0 Å². The zero-order valence-corrected chi connectivity index (χ0v) is 12.8. The molecule has 0 fully saturated rings. The summed E-state index contributed by atoms with van der Waals surface area (Å²) in [5.74, 6) is 0. The van der Waals surface area contributed by atoms with Crippen molar-refractivity contribution in [1.82, 2.24) is 4.57 Å². The first-order chi connectivity index (χ1) is 9.70. The Labute approximate surface area is 123 Å². The van der Waals surface area contributed by atoms with E-state index in [1.54, 1.807) is 0 Å². The van der Waals surface area contributed by atoms with Crippen LogP contribution in [0.1, 0.15) is 21.7 Å². The Morgan fingerprint density at radius 3 is 2.75 bits per heavy atom. The standard InChI is InChI=1S/C17H20N2S/c1-12-13(2)19(8-7-15-4-3-9-20-15)17-6-5-14(11-18)10-16(12)17/h3-6,9-10H,7-8,11,18H2,1-2H3. The maximum atomic E-state index is 5.75. The van der Waals surface area contributed by atoms with E-state index in [1.807, 2.05) is 11.3 Å². The number of nitrogens with two attached hydrogens (primary N) is 1. The maximum absolute atomic E-state index is 5.75. The molecule has 104 valence electrons. The number of hydrogen-bond acceptors (Lipinski definition) is 2. The SMILES string of the molecule is Cc1c(C)n(CCc2cccs2)c2ccc(CN)cc12. The number of rotatable bonds is 4. The zero-order valence-electron chi connectivity index (χ0n) is 12.0. The molecule has 0 amide bonds. The van der Waals surface area contributed by atoms with Crippen molar-refractivity contribution < 1.29 is 0 Å². The lowest BCUT2D eigenvalue weighted by atomic mass is 10.1. The number of nitrogens with zero attached hydrogens (tertiary/aromatic N) is 1. The normalized spacial score (nSPS) is 11.3. The van der Waals surface area contributed by atoms with Gasteiger partial charge in [-0.25, -0.2) is 0 Å². The van der Waals surface area contributed by atoms with Gasteiger partial charge in [0.1, 0.15) is 0 Å². The second-order valence-electron chi connectivity index (χ2n) is 5.25. The van der Waals surface area contributed by atoms with Gasteiger partial charge in [0.2, 0.25) is 0 Å². The van der Waals surface area contributed by atoms with Crippen molar-refractivity contribution in [2.45, 2.75) is 33.4 Å². The summed E-state index contributed by atoms with van der Waals surface area (Å²) < 4.78 is 2.44. The van der Waals surface area contributed by atoms with Crippen LogP contribution in [0.15, 0.2) is 35.7 Å². The maximum Gasteiger partial charge on any atom is 0.0485 e. The molecule has 0 aliphatic rings. The van der Waals surface area contributed by atoms with Crippen LogP contribution >= 0.6 is 11.3 Å². The zero-order chi connectivity index (χ0) is 14.1. The number of aromatic nitrogens is 1. The van der Waals surface area contributed by atoms with E-state index in [-0.39, 0.29) is 0 Å². The lowest BCUT2D eigenvalue weighted by molar-refractivity contribution is 0.707. The number of hydrogen-bond donors (Lipinski definition) is 1. The summed E-state index contributed by atoms with van der Waals surface area (Å²) in [7, 11) is 0. The predicted octanol–water partition coefficient (Wildman–Crippen LogP) is 4.02. The van der Waals surface area contributed by atoms with E-state index in [0.29, 0.717) is 6.54 Å². The highest BCUT2D eigenvalue weighted by molar-refractivity contribution is 7.09. The highest BCUT2D eigenvalue weighted by atomic mass is 32.1. The van der Waals surface area contributed by atoms with Gasteiger partial charge in [0, 0.05) is 34.6 Å². The van der Waals surface area contributed by atoms with Gasteiger partial charge in [-0.1, -0.05) is 12.1 Å². The Morgan fingerprint density at radius 1 is 1.20 bits per heavy atom. The molecule has 0 saturated heterocycles. The van der Waals surface area contributed by atoms with E-state index in [2.05, 4.69) is 54.1 Å². The van der Waals surface area contributed by atoms with Gasteiger partial charge in [0.05, 0.1) is 0 Å². The number of aryl methyl sites for hydroxylation is 3. The third-order valence-electron chi connectivity index (χ3n) is 4.10. The van der Waals surface area contributed by atoms with Crippen molar-refractivity contribution in [3.05, 3.63) is 57.4 Å². The summed E-state index contributed by atoms with van der Waals surface area (Å²) in [6.45, 7) is 6.07. The van der Waals surface area contributed by atoms with Crippen molar-refractivity contribution >= 4 is 22.2 Å². The molecule has 2 aromatic heterocycles. The summed E-state index contributed by atoms with van der Waals surface area (Å²) >= 11 is 1.84. The fourth-order valence-electron chi connectivity index (χ4n) is 2.79. The van der Waals surface area contributed by atoms with E-state index in [0.717, 1.165) is 13.0 Å². The van der Waals surface area contributed by atoms with Crippen LogP contribution in [0.3, 0.4) is 0 Å². The second-order valence-corrected chi connectivity index (χ2v) is 6.28. The van der Waals surface area contributed by atoms with Crippen molar-refractivity contribution in [1.29, 1.82) is 0 Å². The van der Waals surface area contributed by atoms with Crippen LogP contribution < -0.4 is 5.73 Å². The van der Waals surface area contributed by atoms with Crippen LogP contribution in [0, 0.1) is 13.8 Å². The lowest BCUT2D eigenvalue weighted by Gasteiger charge is -2.08. The third kappa shape index (κ3) is 2.28. The molecule has 0 radical (unpaired) electrons. The molecule has 0 aliphatic heterocycles. The smallest absolute Gasteiger partial charge is 0.0485 e. The van der Waals surface area contributed by atoms with Crippen LogP contribution in [-0.4, -0.2) is 4.57 Å². The van der Waals surface area contributed by atoms with Crippen LogP contribution in [-0.2, 0) is 19.5 Å². The second kappa shape index (κ2) is 5.43. The average Bonchev–Trinajstić information content (AvgIpc) is 3.06. The highest BCUT2D eigenvalue weighted by Gasteiger charge is 2.11. The summed E-state index contributed by atoms with van der Waals surface area (Å²) in [6, 6.07) is 10.9. The van der Waals surface area contributed by atoms with Crippen molar-refractivity contribution in [2.75, 3.05) is 0 Å². The minimum absolute atomic E-state index is 0.606. The van der Waals surface area contributed by atoms with Crippen LogP contribution in [0.25, 0.3) is 10.9 Å². The Kier molecular flexibility index (Phi) is 3.64. The van der Waals surface area contributed by atoms with Crippen LogP contribution in [0.5, 0.6) is 0 Å². The Morgan fingerprint density at radius 2 is 2.05 bits per heavy atom. The molecule has 3 aromatic rings. The molecule has 0 aliphatic carbocycles. The minimum Gasteiger partial charge on any atom is -0.344 e. The molecule has 1 aromatic carbocycles. The molecular weight excluding hydrogens is 264 g/mol. The van der Waals surface area contributed by atoms with Gasteiger partial charge in [-0.3, -0.25) is 0 Å². The molecule has 0 unspecified atom stereocenters. The quantitative estimate of drug-likeness (QED) is 0.770. The van der Waals surface area contributed by atoms with Gasteiger partial charge in [-0.05, 0) is 55.0 Å². The van der Waals surface area contributed by atoms with E-state index >= 15 is 0 Å². The molecule has 3 rings (SSSR count). The number of thiophene rings is 1. The van der Waals surface area contributed by atoms with Gasteiger partial charge in [0.25, 0.3) is 0 Å². The molecule has 3 heteroatoms. The van der Waals surface area contributed by atoms with Crippen molar-refractivity contribution in [3.8, 4) is 0 Å². The van der Waals surface area contributed by atoms with Gasteiger partial charge < -0.3 is 10.3 Å². The predicted molar refractivity (Wildman–Crippen MR) is 87.3 cm³/mol. The van der Waals surface area contributed by atoms with Gasteiger partial charge in [-0.15, -0.1) is 11.3 Å². The molecule has 0 saturated carbocycles. The van der Waals surface area contributed by atoms with Crippen molar-refractivity contribution in [2.24, 2.45) is 5.73 Å². The lowest BCUT2D eigenvalue weighted by Crippen LogP contribution is -2.02. The number of benzene rings is 1. The van der Waals surface area contributed by atoms with Crippen LogP contribution in [0.2, 0.25) is 0 Å². The summed E-state index contributed by atoms with van der Waals surface area (Å²) in [5, 5.41) is 3.49. The molecule has 0 atom stereocenters. The first kappa shape index (κ1) is 13.4. The van der Waals surface area contributed by atoms with Crippen molar-refractivity contribution in [3.63, 3.8) is 0 Å². The van der Waals surface area contributed by atoms with E-state index in [4.69, 9.17) is 5.73 Å². The molecular formula is C17H20N2S. The summed E-state index contributed by atoms with van der Waals surface area (Å²) in [6.07, 6.45) is 1.10. The topological polar surface area (TPSA) is 30.9 Å². The highest BCUT2D eigenvalue weighted by Crippen LogP contribution is 2.27. The Hall–Kier alpha value is -1.58. The first-order valence-electron chi connectivity index (χ1n) is 7.01. The fourth-order valence-corrected chi connectivity index (χ4v) is 3.49. The van der Waals surface area contributed by atoms with Gasteiger partial charge >= 0.3 is 0 Å². The first-order valence-corrected chi connectivity index (χ1v) is 7.89. The van der Waals surface area contributed by atoms with E-state index < -0.39 is 0 Å². The van der Waals surface area contributed by atoms with E-state index in [1.165, 1.54) is 32.6 Å². The molecule has 2 nitrogen and oxygen atoms in total. The molecule has 20 heavy (non-hydrogen) atoms. The Bertz CT molecular complexity index is 723. The summed E-state index contributed by atoms with van der Waals surface area (Å²) in [4.78, 5) is 1.45. The minimum atomic E-state index is 0.606. The number of fused-ring (bicyclic) bond motifs is 1. The van der Waals surface area contributed by atoms with E-state index in [9.17, 15) is 0 Å². The monoisotopic (exact) mass is 284 g/mol. The fraction of sp³-hybridized carbons (Fsp3) is 0.294. The van der Waals surface area contributed by atoms with Gasteiger partial charge in [-0.2, -0.15) is 0 Å². The average molecular weight is 284 g/mol. The Balaban J connectivity index is 1.99. The molecule has 0 bridgehead atoms. The van der Waals surface area contributed by atoms with Gasteiger partial charge in [0.15, 0.2) is 0 Å². The molecule has 2 N–H and O–H groups in total. The molecule has 0 spiro atoms. The summed E-state index contributed by atoms with van der Waals surface area (Å²) in [5.41, 5.74) is 11.0. The molecule has 2 heterocycles.